The van der Waals surface area contributed by atoms with Gasteiger partial charge in [-0.05, 0) is 43.3 Å². The number of hydrogen-bond donors (Lipinski definition) is 0. The number of esters is 1. The van der Waals surface area contributed by atoms with Gasteiger partial charge >= 0.3 is 5.97 Å². The zero-order valence-corrected chi connectivity index (χ0v) is 16.5. The predicted octanol–water partition coefficient (Wildman–Crippen LogP) is 3.85. The van der Waals surface area contributed by atoms with Crippen LogP contribution in [0.15, 0.2) is 41.6 Å². The van der Waals surface area contributed by atoms with Crippen LogP contribution in [0.5, 0.6) is 5.75 Å². The number of carbonyl (C=O) groups excluding carboxylic acids is 2. The number of ether oxygens (including phenoxy) is 2. The number of thioether (sulfide) groups is 1. The molecule has 0 unspecified atom stereocenters. The molecule has 0 fully saturated rings. The van der Waals surface area contributed by atoms with Crippen LogP contribution < -0.4 is 4.74 Å². The van der Waals surface area contributed by atoms with Gasteiger partial charge < -0.3 is 14.0 Å². The molecule has 146 valence electrons. The van der Waals surface area contributed by atoms with Gasteiger partial charge in [-0.25, -0.2) is 9.37 Å². The summed E-state index contributed by atoms with van der Waals surface area (Å²) in [4.78, 5) is 28.0. The molecule has 0 N–H and O–H groups in total. The molecule has 1 aromatic heterocycles. The van der Waals surface area contributed by atoms with Gasteiger partial charge in [0, 0.05) is 16.9 Å². The van der Waals surface area contributed by atoms with Gasteiger partial charge in [-0.3, -0.25) is 9.59 Å². The zero-order chi connectivity index (χ0) is 20.3. The molecule has 6 nitrogen and oxygen atoms in total. The molecule has 0 atom stereocenters. The number of methoxy groups -OCH3 is 2. The molecule has 0 bridgehead atoms. The minimum atomic E-state index is -0.457. The second kappa shape index (κ2) is 8.43. The number of Topliss-reactive ketones (excluding diaryl/α,β-unsaturated/α-hetero) is 1. The van der Waals surface area contributed by atoms with Crippen molar-refractivity contribution in [2.75, 3.05) is 14.2 Å². The molecule has 0 aliphatic heterocycles. The third-order valence-corrected chi connectivity index (χ3v) is 5.26. The quantitative estimate of drug-likeness (QED) is 0.340. The highest BCUT2D eigenvalue weighted by Gasteiger charge is 2.16. The number of rotatable bonds is 7. The van der Waals surface area contributed by atoms with E-state index in [2.05, 4.69) is 4.98 Å². The highest BCUT2D eigenvalue weighted by Crippen LogP contribution is 2.31. The van der Waals surface area contributed by atoms with Gasteiger partial charge in [-0.1, -0.05) is 11.8 Å². The van der Waals surface area contributed by atoms with Gasteiger partial charge in [0.2, 0.25) is 0 Å². The molecule has 3 rings (SSSR count). The summed E-state index contributed by atoms with van der Waals surface area (Å²) < 4.78 is 25.5. The average Bonchev–Trinajstić information content (AvgIpc) is 3.02. The number of hydrogen-bond acceptors (Lipinski definition) is 6. The number of fused-ring (bicyclic) bond motifs is 1. The molecule has 2 aromatic carbocycles. The van der Waals surface area contributed by atoms with Crippen molar-refractivity contribution in [1.82, 2.24) is 9.55 Å². The first-order chi connectivity index (χ1) is 13.4. The van der Waals surface area contributed by atoms with Crippen molar-refractivity contribution >= 4 is 34.5 Å². The minimum Gasteiger partial charge on any atom is -0.496 e. The summed E-state index contributed by atoms with van der Waals surface area (Å²) in [5, 5.41) is 0.543. The molecule has 3 aromatic rings. The molecular weight excluding hydrogens is 383 g/mol. The number of aromatic nitrogens is 2. The first kappa shape index (κ1) is 19.9. The van der Waals surface area contributed by atoms with Crippen LogP contribution in [0, 0.1) is 5.82 Å². The van der Waals surface area contributed by atoms with Crippen molar-refractivity contribution in [2.45, 2.75) is 24.4 Å². The summed E-state index contributed by atoms with van der Waals surface area (Å²) in [5.74, 6) is 0.200. The Morgan fingerprint density at radius 3 is 2.64 bits per heavy atom. The summed E-state index contributed by atoms with van der Waals surface area (Å²) in [5.41, 5.74) is 2.50. The molecule has 1 heterocycles. The number of halogens is 1. The molecule has 0 amide bonds. The summed E-state index contributed by atoms with van der Waals surface area (Å²) in [6.07, 6.45) is 0. The Morgan fingerprint density at radius 2 is 1.96 bits per heavy atom. The molecule has 8 heteroatoms. The average molecular weight is 402 g/mol. The van der Waals surface area contributed by atoms with E-state index in [0.717, 1.165) is 5.56 Å². The van der Waals surface area contributed by atoms with Crippen molar-refractivity contribution < 1.29 is 23.5 Å². The third kappa shape index (κ3) is 4.17. The van der Waals surface area contributed by atoms with Crippen molar-refractivity contribution in [3.05, 3.63) is 53.3 Å². The van der Waals surface area contributed by atoms with E-state index in [1.165, 1.54) is 37.9 Å². The standard InChI is InChI=1S/C20H19FN2O4S/c1-12(24)13-4-7-18(26-2)14(8-13)11-28-20-22-16-6-5-15(21)9-17(16)23(20)10-19(25)27-3/h4-9H,10-11H2,1-3H3. The van der Waals surface area contributed by atoms with E-state index in [1.807, 2.05) is 0 Å². The molecule has 0 saturated carbocycles. The molecule has 0 radical (unpaired) electrons. The largest absolute Gasteiger partial charge is 0.496 e. The lowest BCUT2D eigenvalue weighted by Crippen LogP contribution is -2.12. The Hall–Kier alpha value is -2.87. The van der Waals surface area contributed by atoms with Gasteiger partial charge in [0.15, 0.2) is 10.9 Å². The maximum atomic E-state index is 13.7. The van der Waals surface area contributed by atoms with Crippen LogP contribution in [0.2, 0.25) is 0 Å². The Kier molecular flexibility index (Phi) is 5.99. The Morgan fingerprint density at radius 1 is 1.18 bits per heavy atom. The fourth-order valence-corrected chi connectivity index (χ4v) is 3.77. The second-order valence-electron chi connectivity index (χ2n) is 6.06. The highest BCUT2D eigenvalue weighted by atomic mass is 32.2. The van der Waals surface area contributed by atoms with E-state index in [-0.39, 0.29) is 12.3 Å². The smallest absolute Gasteiger partial charge is 0.325 e. The normalized spacial score (nSPS) is 10.9. The highest BCUT2D eigenvalue weighted by molar-refractivity contribution is 7.98. The van der Waals surface area contributed by atoms with E-state index in [4.69, 9.17) is 9.47 Å². The summed E-state index contributed by atoms with van der Waals surface area (Å²) in [7, 11) is 2.86. The topological polar surface area (TPSA) is 70.4 Å². The lowest BCUT2D eigenvalue weighted by molar-refractivity contribution is -0.141. The monoisotopic (exact) mass is 402 g/mol. The number of benzene rings is 2. The molecule has 0 aliphatic carbocycles. The van der Waals surface area contributed by atoms with Gasteiger partial charge in [-0.15, -0.1) is 0 Å². The third-order valence-electron chi connectivity index (χ3n) is 4.23. The molecule has 0 spiro atoms. The maximum Gasteiger partial charge on any atom is 0.325 e. The van der Waals surface area contributed by atoms with E-state index in [9.17, 15) is 14.0 Å². The van der Waals surface area contributed by atoms with Crippen molar-refractivity contribution in [3.8, 4) is 5.75 Å². The lowest BCUT2D eigenvalue weighted by Gasteiger charge is -2.11. The van der Waals surface area contributed by atoms with Gasteiger partial charge in [0.1, 0.15) is 18.1 Å². The fraction of sp³-hybridized carbons (Fsp3) is 0.250. The van der Waals surface area contributed by atoms with Crippen molar-refractivity contribution in [2.24, 2.45) is 0 Å². The summed E-state index contributed by atoms with van der Waals surface area (Å²) in [6.45, 7) is 1.42. The summed E-state index contributed by atoms with van der Waals surface area (Å²) in [6, 6.07) is 9.47. The Labute approximate surface area is 165 Å². The van der Waals surface area contributed by atoms with E-state index in [0.29, 0.717) is 33.3 Å². The van der Waals surface area contributed by atoms with Crippen molar-refractivity contribution in [1.29, 1.82) is 0 Å². The molecule has 0 aliphatic rings. The molecular formula is C20H19FN2O4S. The molecule has 28 heavy (non-hydrogen) atoms. The first-order valence-electron chi connectivity index (χ1n) is 8.46. The minimum absolute atomic E-state index is 0.0395. The first-order valence-corrected chi connectivity index (χ1v) is 9.44. The zero-order valence-electron chi connectivity index (χ0n) is 15.7. The maximum absolute atomic E-state index is 13.7. The molecule has 0 saturated heterocycles. The number of carbonyl (C=O) groups is 2. The van der Waals surface area contributed by atoms with Crippen molar-refractivity contribution in [3.63, 3.8) is 0 Å². The summed E-state index contributed by atoms with van der Waals surface area (Å²) >= 11 is 1.36. The van der Waals surface area contributed by atoms with Gasteiger partial charge in [-0.2, -0.15) is 0 Å². The fourth-order valence-electron chi connectivity index (χ4n) is 2.78. The van der Waals surface area contributed by atoms with Gasteiger partial charge in [0.05, 0.1) is 25.3 Å². The van der Waals surface area contributed by atoms with E-state index < -0.39 is 11.8 Å². The predicted molar refractivity (Wildman–Crippen MR) is 104 cm³/mol. The Bertz CT molecular complexity index is 1050. The van der Waals surface area contributed by atoms with Crippen LogP contribution in [0.3, 0.4) is 0 Å². The van der Waals surface area contributed by atoms with Crippen LogP contribution in [-0.2, 0) is 21.8 Å². The van der Waals surface area contributed by atoms with Crippen LogP contribution in [0.1, 0.15) is 22.8 Å². The second-order valence-corrected chi connectivity index (χ2v) is 7.00. The van der Waals surface area contributed by atoms with Crippen LogP contribution >= 0.6 is 11.8 Å². The van der Waals surface area contributed by atoms with Crippen LogP contribution in [0.4, 0.5) is 4.39 Å². The number of imidazole rings is 1. The van der Waals surface area contributed by atoms with E-state index >= 15 is 0 Å². The van der Waals surface area contributed by atoms with E-state index in [1.54, 1.807) is 35.9 Å². The Balaban J connectivity index is 1.96. The van der Waals surface area contributed by atoms with Gasteiger partial charge in [0.25, 0.3) is 0 Å². The van der Waals surface area contributed by atoms with Crippen LogP contribution in [-0.4, -0.2) is 35.5 Å². The number of ketones is 1. The van der Waals surface area contributed by atoms with Crippen LogP contribution in [0.25, 0.3) is 11.0 Å². The number of nitrogens with zero attached hydrogens (tertiary/aromatic N) is 2. The SMILES string of the molecule is COC(=O)Cn1c(SCc2cc(C(C)=O)ccc2OC)nc2ccc(F)cc21. The lowest BCUT2D eigenvalue weighted by atomic mass is 10.1.